The number of carbonyl (C=O) groups is 1. The Balaban J connectivity index is 1.85. The predicted octanol–water partition coefficient (Wildman–Crippen LogP) is 3.44. The molecule has 2 heterocycles. The fourth-order valence-electron chi connectivity index (χ4n) is 1.76. The van der Waals surface area contributed by atoms with Crippen molar-refractivity contribution in [2.75, 3.05) is 0 Å². The zero-order valence-electron chi connectivity index (χ0n) is 9.76. The van der Waals surface area contributed by atoms with Gasteiger partial charge in [0.25, 0.3) is 0 Å². The number of benzene rings is 1. The highest BCUT2D eigenvalue weighted by atomic mass is 35.5. The summed E-state index contributed by atoms with van der Waals surface area (Å²) in [4.78, 5) is 18.8. The summed E-state index contributed by atoms with van der Waals surface area (Å²) in [5.41, 5.74) is 1.27. The van der Waals surface area contributed by atoms with Crippen LogP contribution < -0.4 is 4.74 Å². The van der Waals surface area contributed by atoms with E-state index in [0.29, 0.717) is 10.7 Å². The van der Waals surface area contributed by atoms with Gasteiger partial charge in [-0.1, -0.05) is 29.8 Å². The first-order valence-corrected chi connectivity index (χ1v) is 6.02. The molecule has 0 atom stereocenters. The number of halogens is 1. The van der Waals surface area contributed by atoms with Crippen molar-refractivity contribution in [3.63, 3.8) is 0 Å². The minimum Gasteiger partial charge on any atom is -0.403 e. The first-order valence-electron chi connectivity index (χ1n) is 5.64. The maximum atomic E-state index is 11.9. The zero-order chi connectivity index (χ0) is 13.2. The number of aromatic nitrogens is 2. The van der Waals surface area contributed by atoms with Crippen LogP contribution in [0.15, 0.2) is 48.7 Å². The smallest absolute Gasteiger partial charge is 0.361 e. The Kier molecular flexibility index (Phi) is 2.93. The summed E-state index contributed by atoms with van der Waals surface area (Å²) in [6.07, 6.45) is 1.43. The molecule has 0 aliphatic rings. The Morgan fingerprint density at radius 3 is 2.79 bits per heavy atom. The summed E-state index contributed by atoms with van der Waals surface area (Å²) in [6, 6.07) is 12.5. The molecule has 0 aliphatic heterocycles. The predicted molar refractivity (Wildman–Crippen MR) is 72.5 cm³/mol. The van der Waals surface area contributed by atoms with Crippen LogP contribution in [0.4, 0.5) is 0 Å². The van der Waals surface area contributed by atoms with Crippen molar-refractivity contribution in [2.24, 2.45) is 0 Å². The molecule has 0 amide bonds. The number of H-pyrrole nitrogens is 1. The zero-order valence-corrected chi connectivity index (χ0v) is 10.5. The van der Waals surface area contributed by atoms with Gasteiger partial charge in [-0.3, -0.25) is 0 Å². The van der Waals surface area contributed by atoms with Crippen LogP contribution in [0.3, 0.4) is 0 Å². The normalized spacial score (nSPS) is 10.6. The van der Waals surface area contributed by atoms with E-state index in [4.69, 9.17) is 16.3 Å². The van der Waals surface area contributed by atoms with Gasteiger partial charge in [0.05, 0.1) is 5.02 Å². The van der Waals surface area contributed by atoms with Gasteiger partial charge in [-0.2, -0.15) is 0 Å². The van der Waals surface area contributed by atoms with Gasteiger partial charge in [0.2, 0.25) is 5.88 Å². The van der Waals surface area contributed by atoms with Gasteiger partial charge in [-0.15, -0.1) is 0 Å². The van der Waals surface area contributed by atoms with Gasteiger partial charge in [0.15, 0.2) is 0 Å². The lowest BCUT2D eigenvalue weighted by Gasteiger charge is -2.00. The van der Waals surface area contributed by atoms with E-state index in [2.05, 4.69) is 9.97 Å². The summed E-state index contributed by atoms with van der Waals surface area (Å²) in [7, 11) is 0. The number of hydrogen-bond acceptors (Lipinski definition) is 3. The second-order valence-corrected chi connectivity index (χ2v) is 4.41. The standard InChI is InChI=1S/C14H9ClN2O2/c15-10-5-6-13(16-8-10)19-14(18)12-7-9-3-1-2-4-11(9)17-12/h1-8,17H. The number of ether oxygens (including phenoxy) is 1. The number of nitrogens with zero attached hydrogens (tertiary/aromatic N) is 1. The third kappa shape index (κ3) is 2.44. The summed E-state index contributed by atoms with van der Waals surface area (Å²) in [6.45, 7) is 0. The number of carbonyl (C=O) groups excluding carboxylic acids is 1. The second kappa shape index (κ2) is 4.74. The van der Waals surface area contributed by atoms with Crippen LogP contribution in [0, 0.1) is 0 Å². The monoisotopic (exact) mass is 272 g/mol. The molecule has 2 aromatic heterocycles. The van der Waals surface area contributed by atoms with Gasteiger partial charge in [0.1, 0.15) is 5.69 Å². The van der Waals surface area contributed by atoms with E-state index < -0.39 is 5.97 Å². The third-order valence-corrected chi connectivity index (χ3v) is 2.87. The fraction of sp³-hybridized carbons (Fsp3) is 0. The molecule has 3 rings (SSSR count). The van der Waals surface area contributed by atoms with Crippen LogP contribution in [0.25, 0.3) is 10.9 Å². The molecule has 4 nitrogen and oxygen atoms in total. The van der Waals surface area contributed by atoms with E-state index in [-0.39, 0.29) is 5.88 Å². The molecule has 0 radical (unpaired) electrons. The largest absolute Gasteiger partial charge is 0.403 e. The van der Waals surface area contributed by atoms with Crippen molar-refractivity contribution in [3.05, 3.63) is 59.4 Å². The van der Waals surface area contributed by atoms with Crippen LogP contribution in [-0.4, -0.2) is 15.9 Å². The van der Waals surface area contributed by atoms with Gasteiger partial charge >= 0.3 is 5.97 Å². The highest BCUT2D eigenvalue weighted by molar-refractivity contribution is 6.30. The molecule has 0 unspecified atom stereocenters. The topological polar surface area (TPSA) is 55.0 Å². The molecule has 0 spiro atoms. The maximum absolute atomic E-state index is 11.9. The molecule has 0 bridgehead atoms. The fourth-order valence-corrected chi connectivity index (χ4v) is 1.87. The lowest BCUT2D eigenvalue weighted by atomic mass is 10.2. The SMILES string of the molecule is O=C(Oc1ccc(Cl)cn1)c1cc2ccccc2[nH]1. The van der Waals surface area contributed by atoms with E-state index in [0.717, 1.165) is 10.9 Å². The summed E-state index contributed by atoms with van der Waals surface area (Å²) in [5.74, 6) is -0.265. The first kappa shape index (κ1) is 11.7. The minimum atomic E-state index is -0.481. The van der Waals surface area contributed by atoms with Crippen LogP contribution in [0.5, 0.6) is 5.88 Å². The number of nitrogens with one attached hydrogen (secondary N) is 1. The molecule has 1 N–H and O–H groups in total. The van der Waals surface area contributed by atoms with Crippen LogP contribution in [0.1, 0.15) is 10.5 Å². The van der Waals surface area contributed by atoms with E-state index in [1.165, 1.54) is 6.20 Å². The number of pyridine rings is 1. The van der Waals surface area contributed by atoms with Gasteiger partial charge in [-0.25, -0.2) is 9.78 Å². The van der Waals surface area contributed by atoms with Crippen molar-refractivity contribution in [1.29, 1.82) is 0 Å². The number of rotatable bonds is 2. The number of hydrogen-bond donors (Lipinski definition) is 1. The number of para-hydroxylation sites is 1. The molecular weight excluding hydrogens is 264 g/mol. The van der Waals surface area contributed by atoms with Gasteiger partial charge in [-0.05, 0) is 18.2 Å². The quantitative estimate of drug-likeness (QED) is 0.727. The van der Waals surface area contributed by atoms with Gasteiger partial charge < -0.3 is 9.72 Å². The first-order chi connectivity index (χ1) is 9.22. The van der Waals surface area contributed by atoms with Crippen molar-refractivity contribution in [2.45, 2.75) is 0 Å². The number of aromatic amines is 1. The Labute approximate surface area is 114 Å². The molecule has 1 aromatic carbocycles. The molecular formula is C14H9ClN2O2. The number of esters is 1. The Hall–Kier alpha value is -2.33. The highest BCUT2D eigenvalue weighted by Crippen LogP contribution is 2.17. The van der Waals surface area contributed by atoms with Crippen molar-refractivity contribution in [1.82, 2.24) is 9.97 Å². The van der Waals surface area contributed by atoms with E-state index in [1.807, 2.05) is 24.3 Å². The minimum absolute atomic E-state index is 0.216. The molecule has 94 valence electrons. The Bertz CT molecular complexity index is 702. The summed E-state index contributed by atoms with van der Waals surface area (Å²) in [5, 5.41) is 1.45. The molecule has 5 heteroatoms. The van der Waals surface area contributed by atoms with E-state index >= 15 is 0 Å². The van der Waals surface area contributed by atoms with Crippen LogP contribution in [0.2, 0.25) is 5.02 Å². The lowest BCUT2D eigenvalue weighted by molar-refractivity contribution is 0.0722. The van der Waals surface area contributed by atoms with Crippen LogP contribution in [-0.2, 0) is 0 Å². The number of fused-ring (bicyclic) bond motifs is 1. The highest BCUT2D eigenvalue weighted by Gasteiger charge is 2.12. The Morgan fingerprint density at radius 2 is 2.05 bits per heavy atom. The molecule has 0 fully saturated rings. The third-order valence-electron chi connectivity index (χ3n) is 2.65. The average Bonchev–Trinajstić information content (AvgIpc) is 2.85. The van der Waals surface area contributed by atoms with Gasteiger partial charge in [0, 0.05) is 23.2 Å². The van der Waals surface area contributed by atoms with Crippen molar-refractivity contribution in [3.8, 4) is 5.88 Å². The second-order valence-electron chi connectivity index (χ2n) is 3.97. The molecule has 3 aromatic rings. The Morgan fingerprint density at radius 1 is 1.21 bits per heavy atom. The van der Waals surface area contributed by atoms with E-state index in [1.54, 1.807) is 18.2 Å². The average molecular weight is 273 g/mol. The molecule has 0 saturated heterocycles. The van der Waals surface area contributed by atoms with E-state index in [9.17, 15) is 4.79 Å². The molecule has 19 heavy (non-hydrogen) atoms. The van der Waals surface area contributed by atoms with Crippen molar-refractivity contribution < 1.29 is 9.53 Å². The maximum Gasteiger partial charge on any atom is 0.361 e. The lowest BCUT2D eigenvalue weighted by Crippen LogP contribution is -2.09. The van der Waals surface area contributed by atoms with Crippen LogP contribution >= 0.6 is 11.6 Å². The summed E-state index contributed by atoms with van der Waals surface area (Å²) < 4.78 is 5.15. The summed E-state index contributed by atoms with van der Waals surface area (Å²) >= 11 is 5.71. The van der Waals surface area contributed by atoms with Crippen molar-refractivity contribution >= 4 is 28.5 Å². The molecule has 0 aliphatic carbocycles. The molecule has 0 saturated carbocycles.